The maximum Gasteiger partial charge on any atom is 0.263 e. The van der Waals surface area contributed by atoms with Crippen LogP contribution in [0.3, 0.4) is 0 Å². The highest BCUT2D eigenvalue weighted by molar-refractivity contribution is 7.92. The normalized spacial score (nSPS) is 17.1. The summed E-state index contributed by atoms with van der Waals surface area (Å²) >= 11 is 0. The first-order valence-corrected chi connectivity index (χ1v) is 11.2. The SMILES string of the molecule is Cc1ccc(OC[C@H](C)NC(=O)[C@@H]2CN(S(C)(=O)=O)c3cc(C)ccc3O2)cc1. The van der Waals surface area contributed by atoms with Gasteiger partial charge in [-0.1, -0.05) is 23.8 Å². The van der Waals surface area contributed by atoms with E-state index in [1.54, 1.807) is 12.1 Å². The van der Waals surface area contributed by atoms with Gasteiger partial charge in [-0.05, 0) is 50.6 Å². The van der Waals surface area contributed by atoms with Crippen molar-refractivity contribution in [1.29, 1.82) is 0 Å². The first-order chi connectivity index (χ1) is 13.6. The van der Waals surface area contributed by atoms with E-state index in [-0.39, 0.29) is 25.1 Å². The highest BCUT2D eigenvalue weighted by atomic mass is 32.2. The van der Waals surface area contributed by atoms with Crippen LogP contribution in [-0.2, 0) is 14.8 Å². The number of nitrogens with one attached hydrogen (secondary N) is 1. The molecule has 1 N–H and O–H groups in total. The second-order valence-electron chi connectivity index (χ2n) is 7.41. The average molecular weight is 419 g/mol. The van der Waals surface area contributed by atoms with Gasteiger partial charge in [-0.15, -0.1) is 0 Å². The number of sulfonamides is 1. The molecule has 2 aromatic carbocycles. The molecule has 0 saturated carbocycles. The molecule has 0 aromatic heterocycles. The van der Waals surface area contributed by atoms with Crippen LogP contribution in [0.5, 0.6) is 11.5 Å². The van der Waals surface area contributed by atoms with Gasteiger partial charge in [0, 0.05) is 0 Å². The molecule has 156 valence electrons. The Labute approximate surface area is 171 Å². The Kier molecular flexibility index (Phi) is 6.02. The van der Waals surface area contributed by atoms with Gasteiger partial charge >= 0.3 is 0 Å². The van der Waals surface area contributed by atoms with E-state index in [2.05, 4.69) is 5.32 Å². The number of nitrogens with zero attached hydrogens (tertiary/aromatic N) is 1. The Morgan fingerprint density at radius 2 is 1.86 bits per heavy atom. The predicted molar refractivity (Wildman–Crippen MR) is 112 cm³/mol. The zero-order valence-electron chi connectivity index (χ0n) is 17.0. The van der Waals surface area contributed by atoms with E-state index in [0.29, 0.717) is 11.4 Å². The van der Waals surface area contributed by atoms with Gasteiger partial charge in [-0.25, -0.2) is 8.42 Å². The van der Waals surface area contributed by atoms with E-state index in [4.69, 9.17) is 9.47 Å². The van der Waals surface area contributed by atoms with Crippen LogP contribution in [0.15, 0.2) is 42.5 Å². The molecule has 1 heterocycles. The monoisotopic (exact) mass is 418 g/mol. The van der Waals surface area contributed by atoms with Crippen LogP contribution < -0.4 is 19.1 Å². The Hall–Kier alpha value is -2.74. The number of ether oxygens (including phenoxy) is 2. The standard InChI is InChI=1S/C21H26N2O5S/c1-14-5-8-17(9-6-14)27-13-16(3)22-21(24)20-12-23(29(4,25)26)18-11-15(2)7-10-19(18)28-20/h5-11,16,20H,12-13H2,1-4H3,(H,22,24)/t16-,20-/m0/s1. The van der Waals surface area contributed by atoms with Crippen molar-refractivity contribution in [2.75, 3.05) is 23.7 Å². The predicted octanol–water partition coefficient (Wildman–Crippen LogP) is 2.41. The van der Waals surface area contributed by atoms with Gasteiger partial charge in [0.2, 0.25) is 10.0 Å². The van der Waals surface area contributed by atoms with Crippen molar-refractivity contribution in [1.82, 2.24) is 5.32 Å². The summed E-state index contributed by atoms with van der Waals surface area (Å²) in [5.41, 5.74) is 2.50. The quantitative estimate of drug-likeness (QED) is 0.779. The fraction of sp³-hybridized carbons (Fsp3) is 0.381. The number of carbonyl (C=O) groups is 1. The smallest absolute Gasteiger partial charge is 0.263 e. The summed E-state index contributed by atoms with van der Waals surface area (Å²) < 4.78 is 37.2. The minimum absolute atomic E-state index is 0.0767. The minimum Gasteiger partial charge on any atom is -0.491 e. The molecule has 2 atom stereocenters. The lowest BCUT2D eigenvalue weighted by molar-refractivity contribution is -0.128. The lowest BCUT2D eigenvalue weighted by atomic mass is 10.1. The van der Waals surface area contributed by atoms with Gasteiger partial charge in [-0.3, -0.25) is 9.10 Å². The summed E-state index contributed by atoms with van der Waals surface area (Å²) in [6.07, 6.45) is 0.180. The molecule has 7 nitrogen and oxygen atoms in total. The largest absolute Gasteiger partial charge is 0.491 e. The van der Waals surface area contributed by atoms with E-state index in [1.807, 2.05) is 51.1 Å². The lowest BCUT2D eigenvalue weighted by Gasteiger charge is -2.34. The number of hydrogen-bond acceptors (Lipinski definition) is 5. The second-order valence-corrected chi connectivity index (χ2v) is 9.31. The van der Waals surface area contributed by atoms with E-state index < -0.39 is 16.1 Å². The van der Waals surface area contributed by atoms with Crippen molar-refractivity contribution in [2.45, 2.75) is 32.9 Å². The maximum absolute atomic E-state index is 12.7. The van der Waals surface area contributed by atoms with Gasteiger partial charge in [0.1, 0.15) is 18.1 Å². The van der Waals surface area contributed by atoms with Crippen LogP contribution in [0.4, 0.5) is 5.69 Å². The number of fused-ring (bicyclic) bond motifs is 1. The molecule has 0 fully saturated rings. The summed E-state index contributed by atoms with van der Waals surface area (Å²) in [6.45, 7) is 5.89. The first-order valence-electron chi connectivity index (χ1n) is 9.38. The third-order valence-corrected chi connectivity index (χ3v) is 5.73. The molecule has 1 aliphatic rings. The van der Waals surface area contributed by atoms with Crippen molar-refractivity contribution in [3.8, 4) is 11.5 Å². The molecule has 0 saturated heterocycles. The van der Waals surface area contributed by atoms with Crippen molar-refractivity contribution < 1.29 is 22.7 Å². The van der Waals surface area contributed by atoms with Gasteiger partial charge in [0.25, 0.3) is 5.91 Å². The van der Waals surface area contributed by atoms with E-state index in [1.165, 1.54) is 4.31 Å². The third-order valence-electron chi connectivity index (χ3n) is 4.59. The number of carbonyl (C=O) groups excluding carboxylic acids is 1. The summed E-state index contributed by atoms with van der Waals surface area (Å²) in [7, 11) is -3.55. The summed E-state index contributed by atoms with van der Waals surface area (Å²) in [5, 5.41) is 2.83. The van der Waals surface area contributed by atoms with Crippen molar-refractivity contribution in [3.63, 3.8) is 0 Å². The third kappa shape index (κ3) is 5.20. The van der Waals surface area contributed by atoms with Crippen molar-refractivity contribution >= 4 is 21.6 Å². The molecule has 0 aliphatic carbocycles. The summed E-state index contributed by atoms with van der Waals surface area (Å²) in [5.74, 6) is 0.707. The zero-order valence-corrected chi connectivity index (χ0v) is 17.8. The molecule has 29 heavy (non-hydrogen) atoms. The van der Waals surface area contributed by atoms with Crippen LogP contribution >= 0.6 is 0 Å². The molecule has 0 bridgehead atoms. The highest BCUT2D eigenvalue weighted by Crippen LogP contribution is 2.35. The second kappa shape index (κ2) is 8.32. The van der Waals surface area contributed by atoms with E-state index >= 15 is 0 Å². The topological polar surface area (TPSA) is 84.9 Å². The Morgan fingerprint density at radius 3 is 2.52 bits per heavy atom. The molecule has 2 aromatic rings. The number of hydrogen-bond donors (Lipinski definition) is 1. The summed E-state index contributed by atoms with van der Waals surface area (Å²) in [6, 6.07) is 12.6. The fourth-order valence-corrected chi connectivity index (χ4v) is 3.95. The molecule has 1 aliphatic heterocycles. The number of amides is 1. The van der Waals surface area contributed by atoms with Crippen molar-refractivity contribution in [2.24, 2.45) is 0 Å². The average Bonchev–Trinajstić information content (AvgIpc) is 2.65. The zero-order chi connectivity index (χ0) is 21.2. The molecule has 0 spiro atoms. The van der Waals surface area contributed by atoms with Gasteiger partial charge in [-0.2, -0.15) is 0 Å². The first kappa shape index (κ1) is 21.0. The van der Waals surface area contributed by atoms with E-state index in [0.717, 1.165) is 23.1 Å². The van der Waals surface area contributed by atoms with Crippen LogP contribution in [0, 0.1) is 13.8 Å². The van der Waals surface area contributed by atoms with E-state index in [9.17, 15) is 13.2 Å². The Morgan fingerprint density at radius 1 is 1.21 bits per heavy atom. The number of rotatable bonds is 6. The van der Waals surface area contributed by atoms with Gasteiger partial charge < -0.3 is 14.8 Å². The summed E-state index contributed by atoms with van der Waals surface area (Å²) in [4.78, 5) is 12.7. The molecular weight excluding hydrogens is 392 g/mol. The number of aryl methyl sites for hydroxylation is 2. The Bertz CT molecular complexity index is 989. The number of benzene rings is 2. The molecule has 0 radical (unpaired) electrons. The van der Waals surface area contributed by atoms with Gasteiger partial charge in [0.15, 0.2) is 6.10 Å². The van der Waals surface area contributed by atoms with Crippen molar-refractivity contribution in [3.05, 3.63) is 53.6 Å². The van der Waals surface area contributed by atoms with Crippen LogP contribution in [-0.4, -0.2) is 45.9 Å². The molecule has 8 heteroatoms. The lowest BCUT2D eigenvalue weighted by Crippen LogP contribution is -2.52. The minimum atomic E-state index is -3.55. The highest BCUT2D eigenvalue weighted by Gasteiger charge is 2.35. The van der Waals surface area contributed by atoms with Gasteiger partial charge in [0.05, 0.1) is 24.5 Å². The molecule has 1 amide bonds. The van der Waals surface area contributed by atoms with Crippen LogP contribution in [0.2, 0.25) is 0 Å². The van der Waals surface area contributed by atoms with Crippen LogP contribution in [0.1, 0.15) is 18.1 Å². The fourth-order valence-electron chi connectivity index (χ4n) is 3.05. The molecule has 0 unspecified atom stereocenters. The van der Waals surface area contributed by atoms with Crippen LogP contribution in [0.25, 0.3) is 0 Å². The maximum atomic E-state index is 12.7. The molecule has 3 rings (SSSR count). The molecular formula is C21H26N2O5S. The number of anilines is 1. The Balaban J connectivity index is 1.66.